The molecular weight excluding hydrogens is 268 g/mol. The monoisotopic (exact) mass is 290 g/mol. The van der Waals surface area contributed by atoms with Crippen LogP contribution in [0.1, 0.15) is 46.8 Å². The number of fused-ring (bicyclic) bond motifs is 2. The smallest absolute Gasteiger partial charge is 0.0607 e. The number of nitrogens with zero attached hydrogens (tertiary/aromatic N) is 2. The number of allylic oxidation sites excluding steroid dienone is 1. The molecule has 0 aliphatic heterocycles. The van der Waals surface area contributed by atoms with Crippen LogP contribution in [0.2, 0.25) is 0 Å². The van der Waals surface area contributed by atoms with Gasteiger partial charge >= 0.3 is 0 Å². The Hall–Kier alpha value is -1.93. The highest BCUT2D eigenvalue weighted by atomic mass is 15.1. The summed E-state index contributed by atoms with van der Waals surface area (Å²) >= 11 is 0. The lowest BCUT2D eigenvalue weighted by Gasteiger charge is -2.32. The molecule has 1 unspecified atom stereocenters. The van der Waals surface area contributed by atoms with Crippen molar-refractivity contribution in [3.05, 3.63) is 70.6 Å². The zero-order chi connectivity index (χ0) is 14.9. The molecule has 0 spiro atoms. The number of benzene rings is 1. The second kappa shape index (κ2) is 5.69. The van der Waals surface area contributed by atoms with Crippen molar-refractivity contribution < 1.29 is 0 Å². The molecule has 2 nitrogen and oxygen atoms in total. The van der Waals surface area contributed by atoms with Crippen LogP contribution in [0.25, 0.3) is 6.08 Å². The average molecular weight is 290 g/mol. The molecule has 0 fully saturated rings. The van der Waals surface area contributed by atoms with E-state index in [4.69, 9.17) is 0 Å². The highest BCUT2D eigenvalue weighted by molar-refractivity contribution is 5.61. The normalized spacial score (nSPS) is 19.3. The van der Waals surface area contributed by atoms with E-state index in [0.717, 1.165) is 13.0 Å². The summed E-state index contributed by atoms with van der Waals surface area (Å²) in [5.74, 6) is 0. The Bertz CT molecular complexity index is 717. The van der Waals surface area contributed by atoms with E-state index in [9.17, 15) is 0 Å². The van der Waals surface area contributed by atoms with E-state index in [2.05, 4.69) is 59.4 Å². The third kappa shape index (κ3) is 2.38. The highest BCUT2D eigenvalue weighted by Gasteiger charge is 2.25. The molecule has 0 radical (unpaired) electrons. The van der Waals surface area contributed by atoms with E-state index in [0.29, 0.717) is 6.04 Å². The maximum Gasteiger partial charge on any atom is 0.0607 e. The lowest BCUT2D eigenvalue weighted by atomic mass is 9.90. The van der Waals surface area contributed by atoms with Crippen LogP contribution in [0, 0.1) is 0 Å². The number of pyridine rings is 1. The molecule has 2 aliphatic rings. The van der Waals surface area contributed by atoms with Crippen LogP contribution >= 0.6 is 0 Å². The van der Waals surface area contributed by atoms with Gasteiger partial charge in [0.2, 0.25) is 0 Å². The first kappa shape index (κ1) is 13.7. The Labute approximate surface area is 132 Å². The van der Waals surface area contributed by atoms with Gasteiger partial charge in [-0.3, -0.25) is 9.88 Å². The molecule has 1 aromatic heterocycles. The van der Waals surface area contributed by atoms with Crippen LogP contribution in [-0.4, -0.2) is 16.9 Å². The first-order valence-corrected chi connectivity index (χ1v) is 8.24. The minimum atomic E-state index is 0.454. The molecule has 1 aromatic carbocycles. The van der Waals surface area contributed by atoms with Crippen LogP contribution in [0.15, 0.2) is 42.6 Å². The van der Waals surface area contributed by atoms with Gasteiger partial charge in [-0.25, -0.2) is 0 Å². The van der Waals surface area contributed by atoms with E-state index in [1.165, 1.54) is 47.2 Å². The second-order valence-electron chi connectivity index (χ2n) is 6.46. The van der Waals surface area contributed by atoms with E-state index in [1.54, 1.807) is 0 Å². The molecule has 0 amide bonds. The molecular formula is C20H22N2. The molecule has 2 aliphatic carbocycles. The van der Waals surface area contributed by atoms with E-state index in [-0.39, 0.29) is 0 Å². The Morgan fingerprint density at radius 3 is 3.14 bits per heavy atom. The molecule has 4 rings (SSSR count). The summed E-state index contributed by atoms with van der Waals surface area (Å²) in [5.41, 5.74) is 7.10. The molecule has 1 atom stereocenters. The van der Waals surface area contributed by atoms with Gasteiger partial charge in [0, 0.05) is 12.7 Å². The van der Waals surface area contributed by atoms with Gasteiger partial charge in [-0.05, 0) is 61.1 Å². The summed E-state index contributed by atoms with van der Waals surface area (Å²) in [6, 6.07) is 11.5. The highest BCUT2D eigenvalue weighted by Crippen LogP contribution is 2.33. The minimum absolute atomic E-state index is 0.454. The molecule has 0 N–H and O–H groups in total. The van der Waals surface area contributed by atoms with Crippen LogP contribution < -0.4 is 0 Å². The van der Waals surface area contributed by atoms with Crippen molar-refractivity contribution in [2.75, 3.05) is 7.05 Å². The summed E-state index contributed by atoms with van der Waals surface area (Å²) in [4.78, 5) is 7.17. The fraction of sp³-hybridized carbons (Fsp3) is 0.350. The van der Waals surface area contributed by atoms with Gasteiger partial charge < -0.3 is 0 Å². The van der Waals surface area contributed by atoms with Crippen LogP contribution in [0.3, 0.4) is 0 Å². The third-order valence-corrected chi connectivity index (χ3v) is 5.05. The number of hydrogen-bond acceptors (Lipinski definition) is 2. The summed E-state index contributed by atoms with van der Waals surface area (Å²) in [6.07, 6.45) is 11.2. The van der Waals surface area contributed by atoms with Crippen molar-refractivity contribution >= 4 is 6.08 Å². The Morgan fingerprint density at radius 1 is 1.23 bits per heavy atom. The van der Waals surface area contributed by atoms with E-state index < -0.39 is 0 Å². The van der Waals surface area contributed by atoms with Crippen molar-refractivity contribution in [2.24, 2.45) is 0 Å². The summed E-state index contributed by atoms with van der Waals surface area (Å²) in [7, 11) is 2.25. The predicted molar refractivity (Wildman–Crippen MR) is 90.6 cm³/mol. The van der Waals surface area contributed by atoms with Gasteiger partial charge in [0.1, 0.15) is 0 Å². The quantitative estimate of drug-likeness (QED) is 0.844. The standard InChI is InChI=1S/C20H22N2/c1-22(14-17-9-2-6-15-7-3-11-18(15)17)19-12-4-8-16-10-5-13-21-20(16)19/h2-3,5-7,9-10,13,19H,4,8,11-12,14H2,1H3. The Balaban J connectivity index is 1.59. The Morgan fingerprint density at radius 2 is 2.18 bits per heavy atom. The second-order valence-corrected chi connectivity index (χ2v) is 6.46. The van der Waals surface area contributed by atoms with Crippen molar-refractivity contribution in [1.29, 1.82) is 0 Å². The number of rotatable bonds is 3. The van der Waals surface area contributed by atoms with Crippen LogP contribution in [0.5, 0.6) is 0 Å². The lowest BCUT2D eigenvalue weighted by Crippen LogP contribution is -2.28. The zero-order valence-corrected chi connectivity index (χ0v) is 13.1. The van der Waals surface area contributed by atoms with Crippen LogP contribution in [-0.2, 0) is 19.4 Å². The summed E-state index contributed by atoms with van der Waals surface area (Å²) < 4.78 is 0. The number of aromatic nitrogens is 1. The van der Waals surface area contributed by atoms with Gasteiger partial charge in [0.05, 0.1) is 11.7 Å². The molecule has 22 heavy (non-hydrogen) atoms. The van der Waals surface area contributed by atoms with E-state index in [1.807, 2.05) is 6.20 Å². The topological polar surface area (TPSA) is 16.1 Å². The van der Waals surface area contributed by atoms with Gasteiger partial charge in [0.25, 0.3) is 0 Å². The van der Waals surface area contributed by atoms with Crippen molar-refractivity contribution in [1.82, 2.24) is 9.88 Å². The fourth-order valence-electron chi connectivity index (χ4n) is 3.90. The largest absolute Gasteiger partial charge is 0.294 e. The molecule has 2 aromatic rings. The van der Waals surface area contributed by atoms with Gasteiger partial charge in [0.15, 0.2) is 0 Å². The van der Waals surface area contributed by atoms with Crippen LogP contribution in [0.4, 0.5) is 0 Å². The maximum atomic E-state index is 4.68. The third-order valence-electron chi connectivity index (χ3n) is 5.05. The van der Waals surface area contributed by atoms with Gasteiger partial charge in [-0.1, -0.05) is 36.4 Å². The number of aryl methyl sites for hydroxylation is 1. The Kier molecular flexibility index (Phi) is 3.55. The zero-order valence-electron chi connectivity index (χ0n) is 13.1. The summed E-state index contributed by atoms with van der Waals surface area (Å²) in [5, 5.41) is 0. The summed E-state index contributed by atoms with van der Waals surface area (Å²) in [6.45, 7) is 1.01. The van der Waals surface area contributed by atoms with Crippen molar-refractivity contribution in [2.45, 2.75) is 38.3 Å². The minimum Gasteiger partial charge on any atom is -0.294 e. The van der Waals surface area contributed by atoms with Gasteiger partial charge in [-0.15, -0.1) is 0 Å². The SMILES string of the molecule is CN(Cc1cccc2c1CC=C2)C1CCCc2cccnc21. The van der Waals surface area contributed by atoms with E-state index >= 15 is 0 Å². The molecule has 2 heteroatoms. The molecule has 1 heterocycles. The van der Waals surface area contributed by atoms with Crippen molar-refractivity contribution in [3.63, 3.8) is 0 Å². The van der Waals surface area contributed by atoms with Gasteiger partial charge in [-0.2, -0.15) is 0 Å². The predicted octanol–water partition coefficient (Wildman–Crippen LogP) is 4.16. The molecule has 112 valence electrons. The maximum absolute atomic E-state index is 4.68. The van der Waals surface area contributed by atoms with Crippen molar-refractivity contribution in [3.8, 4) is 0 Å². The average Bonchev–Trinajstić information content (AvgIpc) is 3.04. The fourth-order valence-corrected chi connectivity index (χ4v) is 3.90. The first-order chi connectivity index (χ1) is 10.8. The molecule has 0 bridgehead atoms. The molecule has 0 saturated heterocycles. The molecule has 0 saturated carbocycles. The lowest BCUT2D eigenvalue weighted by molar-refractivity contribution is 0.208. The number of hydrogen-bond donors (Lipinski definition) is 0. The first-order valence-electron chi connectivity index (χ1n) is 8.24.